The van der Waals surface area contributed by atoms with Crippen LogP contribution in [0.1, 0.15) is 37.5 Å². The van der Waals surface area contributed by atoms with E-state index in [-0.39, 0.29) is 11.6 Å². The van der Waals surface area contributed by atoms with Crippen molar-refractivity contribution in [1.82, 2.24) is 4.40 Å². The predicted molar refractivity (Wildman–Crippen MR) is 131 cm³/mol. The molecule has 0 saturated heterocycles. The molecule has 172 valence electrons. The second-order valence-corrected chi connectivity index (χ2v) is 7.69. The van der Waals surface area contributed by atoms with Crippen LogP contribution < -0.4 is 14.2 Å². The first-order valence-corrected chi connectivity index (χ1v) is 10.7. The molecule has 2 heterocycles. The molecule has 0 radical (unpaired) electrons. The molecule has 2 aromatic heterocycles. The maximum absolute atomic E-state index is 13.3. The van der Waals surface area contributed by atoms with E-state index in [0.29, 0.717) is 45.2 Å². The van der Waals surface area contributed by atoms with Crippen molar-refractivity contribution >= 4 is 23.2 Å². The summed E-state index contributed by atoms with van der Waals surface area (Å²) in [6, 6.07) is 18.1. The Labute approximate surface area is 198 Å². The second kappa shape index (κ2) is 9.67. The number of benzene rings is 2. The molecule has 0 fully saturated rings. The molecule has 4 aromatic rings. The highest BCUT2D eigenvalue weighted by Crippen LogP contribution is 2.38. The Kier molecular flexibility index (Phi) is 6.50. The Morgan fingerprint density at radius 3 is 2.15 bits per heavy atom. The fourth-order valence-electron chi connectivity index (χ4n) is 4.00. The van der Waals surface area contributed by atoms with Gasteiger partial charge in [0.1, 0.15) is 0 Å². The summed E-state index contributed by atoms with van der Waals surface area (Å²) in [5.41, 5.74) is 3.61. The molecule has 34 heavy (non-hydrogen) atoms. The van der Waals surface area contributed by atoms with Crippen molar-refractivity contribution in [2.45, 2.75) is 6.92 Å². The van der Waals surface area contributed by atoms with E-state index in [1.54, 1.807) is 43.3 Å². The second-order valence-electron chi connectivity index (χ2n) is 7.69. The highest BCUT2D eigenvalue weighted by atomic mass is 16.5. The Morgan fingerprint density at radius 1 is 0.853 bits per heavy atom. The van der Waals surface area contributed by atoms with E-state index in [0.717, 1.165) is 5.52 Å². The number of carbonyl (C=O) groups excluding carboxylic acids is 2. The van der Waals surface area contributed by atoms with Crippen LogP contribution in [0.3, 0.4) is 0 Å². The third-order valence-electron chi connectivity index (χ3n) is 5.70. The summed E-state index contributed by atoms with van der Waals surface area (Å²) in [5.74, 6) is 1.12. The van der Waals surface area contributed by atoms with E-state index >= 15 is 0 Å². The number of aromatic nitrogens is 1. The average Bonchev–Trinajstić information content (AvgIpc) is 3.34. The van der Waals surface area contributed by atoms with Crippen molar-refractivity contribution in [2.24, 2.45) is 0 Å². The number of hydrogen-bond donors (Lipinski definition) is 0. The number of methoxy groups -OCH3 is 3. The molecule has 0 aliphatic rings. The zero-order chi connectivity index (χ0) is 24.2. The van der Waals surface area contributed by atoms with Crippen molar-refractivity contribution in [3.63, 3.8) is 0 Å². The van der Waals surface area contributed by atoms with E-state index in [9.17, 15) is 9.59 Å². The molecular weight excluding hydrogens is 430 g/mol. The van der Waals surface area contributed by atoms with Crippen molar-refractivity contribution in [2.75, 3.05) is 21.3 Å². The van der Waals surface area contributed by atoms with Gasteiger partial charge in [-0.05, 0) is 54.5 Å². The van der Waals surface area contributed by atoms with Gasteiger partial charge >= 0.3 is 0 Å². The lowest BCUT2D eigenvalue weighted by molar-refractivity contribution is 0.103. The first kappa shape index (κ1) is 22.9. The van der Waals surface area contributed by atoms with Crippen LogP contribution in [0.15, 0.2) is 72.9 Å². The number of allylic oxidation sites excluding steroid dienone is 1. The van der Waals surface area contributed by atoms with Gasteiger partial charge in [-0.2, -0.15) is 0 Å². The van der Waals surface area contributed by atoms with Crippen LogP contribution >= 0.6 is 0 Å². The van der Waals surface area contributed by atoms with Gasteiger partial charge in [-0.25, -0.2) is 0 Å². The average molecular weight is 456 g/mol. The van der Waals surface area contributed by atoms with Crippen molar-refractivity contribution in [3.05, 3.63) is 101 Å². The number of rotatable bonds is 8. The molecule has 4 rings (SSSR count). The monoisotopic (exact) mass is 455 g/mol. The molecule has 0 unspecified atom stereocenters. The van der Waals surface area contributed by atoms with E-state index in [2.05, 4.69) is 0 Å². The highest BCUT2D eigenvalue weighted by Gasteiger charge is 2.20. The van der Waals surface area contributed by atoms with Gasteiger partial charge in [-0.1, -0.05) is 36.4 Å². The van der Waals surface area contributed by atoms with Crippen LogP contribution in [-0.4, -0.2) is 37.3 Å². The minimum atomic E-state index is -0.211. The molecule has 0 N–H and O–H groups in total. The number of fused-ring (bicyclic) bond motifs is 1. The van der Waals surface area contributed by atoms with Gasteiger partial charge < -0.3 is 18.6 Å². The van der Waals surface area contributed by atoms with Crippen molar-refractivity contribution < 1.29 is 23.8 Å². The van der Waals surface area contributed by atoms with Gasteiger partial charge in [-0.15, -0.1) is 0 Å². The van der Waals surface area contributed by atoms with E-state index in [1.165, 1.54) is 27.4 Å². The summed E-state index contributed by atoms with van der Waals surface area (Å²) in [5, 5.41) is 0. The smallest absolute Gasteiger partial charge is 0.210 e. The molecule has 0 spiro atoms. The maximum Gasteiger partial charge on any atom is 0.210 e. The Hall–Kier alpha value is -4.32. The Balaban J connectivity index is 1.75. The number of hydrogen-bond acceptors (Lipinski definition) is 5. The number of nitrogens with zero attached hydrogens (tertiary/aromatic N) is 1. The van der Waals surface area contributed by atoms with Crippen LogP contribution in [0, 0.1) is 6.92 Å². The topological polar surface area (TPSA) is 66.2 Å². The number of pyridine rings is 1. The largest absolute Gasteiger partial charge is 0.493 e. The van der Waals surface area contributed by atoms with E-state index < -0.39 is 0 Å². The van der Waals surface area contributed by atoms with Crippen molar-refractivity contribution in [1.29, 1.82) is 0 Å². The lowest BCUT2D eigenvalue weighted by Crippen LogP contribution is -2.13. The fourth-order valence-corrected chi connectivity index (χ4v) is 4.00. The molecule has 0 saturated carbocycles. The summed E-state index contributed by atoms with van der Waals surface area (Å²) in [6.07, 6.45) is 5.00. The van der Waals surface area contributed by atoms with Gasteiger partial charge in [0.2, 0.25) is 11.5 Å². The molecule has 0 aliphatic heterocycles. The standard InChI is InChI=1S/C28H25NO5/c1-18-22(23(30)13-12-19-15-24(32-2)28(34-4)25(16-19)33-3)17-21-11-8-14-29(21)26(18)27(31)20-9-6-5-7-10-20/h5-17H,1-4H3/b13-12+. The summed E-state index contributed by atoms with van der Waals surface area (Å²) in [6.45, 7) is 1.80. The minimum Gasteiger partial charge on any atom is -0.493 e. The Bertz CT molecular complexity index is 1370. The first-order valence-electron chi connectivity index (χ1n) is 10.7. The van der Waals surface area contributed by atoms with Gasteiger partial charge in [0, 0.05) is 22.8 Å². The summed E-state index contributed by atoms with van der Waals surface area (Å²) >= 11 is 0. The predicted octanol–water partition coefficient (Wildman–Crippen LogP) is 5.40. The van der Waals surface area contributed by atoms with Crippen molar-refractivity contribution in [3.8, 4) is 17.2 Å². The lowest BCUT2D eigenvalue weighted by atomic mass is 9.97. The molecule has 0 atom stereocenters. The van der Waals surface area contributed by atoms with Crippen LogP contribution in [0.5, 0.6) is 17.2 Å². The van der Waals surface area contributed by atoms with E-state index in [4.69, 9.17) is 14.2 Å². The quantitative estimate of drug-likeness (QED) is 0.263. The third-order valence-corrected chi connectivity index (χ3v) is 5.70. The van der Waals surface area contributed by atoms with Gasteiger partial charge in [0.05, 0.1) is 27.0 Å². The minimum absolute atomic E-state index is 0.137. The normalized spacial score (nSPS) is 11.1. The first-order chi connectivity index (χ1) is 16.5. The molecule has 2 aromatic carbocycles. The highest BCUT2D eigenvalue weighted by molar-refractivity contribution is 6.14. The summed E-state index contributed by atoms with van der Waals surface area (Å²) < 4.78 is 18.0. The number of carbonyl (C=O) groups is 2. The maximum atomic E-state index is 13.3. The van der Waals surface area contributed by atoms with Gasteiger partial charge in [0.15, 0.2) is 17.3 Å². The van der Waals surface area contributed by atoms with Crippen LogP contribution in [0.25, 0.3) is 11.6 Å². The zero-order valence-corrected chi connectivity index (χ0v) is 19.5. The lowest BCUT2D eigenvalue weighted by Gasteiger charge is -2.13. The van der Waals surface area contributed by atoms with Crippen LogP contribution in [0.2, 0.25) is 0 Å². The SMILES string of the molecule is COc1cc(/C=C/C(=O)c2cc3cccn3c(C(=O)c3ccccc3)c2C)cc(OC)c1OC. The number of ketones is 2. The fraction of sp³-hybridized carbons (Fsp3) is 0.143. The zero-order valence-electron chi connectivity index (χ0n) is 19.5. The van der Waals surface area contributed by atoms with Crippen LogP contribution in [-0.2, 0) is 0 Å². The van der Waals surface area contributed by atoms with Crippen LogP contribution in [0.4, 0.5) is 0 Å². The molecule has 0 aliphatic carbocycles. The summed E-state index contributed by atoms with van der Waals surface area (Å²) in [4.78, 5) is 26.6. The molecule has 6 nitrogen and oxygen atoms in total. The summed E-state index contributed by atoms with van der Waals surface area (Å²) in [7, 11) is 4.61. The molecule has 6 heteroatoms. The molecule has 0 amide bonds. The van der Waals surface area contributed by atoms with E-state index in [1.807, 2.05) is 40.9 Å². The number of ether oxygens (including phenoxy) is 3. The van der Waals surface area contributed by atoms with Gasteiger partial charge in [-0.3, -0.25) is 9.59 Å². The molecule has 0 bridgehead atoms. The third kappa shape index (κ3) is 4.18. The Morgan fingerprint density at radius 2 is 1.53 bits per heavy atom. The molecular formula is C28H25NO5. The van der Waals surface area contributed by atoms with Gasteiger partial charge in [0.25, 0.3) is 0 Å².